The van der Waals surface area contributed by atoms with Crippen molar-refractivity contribution in [3.63, 3.8) is 0 Å². The van der Waals surface area contributed by atoms with Crippen LogP contribution in [-0.4, -0.2) is 12.6 Å². The number of rotatable bonds is 5. The standard InChI is InChI=1S/C18H21FN2O/c1-3-15-6-4-5-13(2)17(15)21-18(22)20-12-11-14-7-9-16(19)10-8-14/h4-10H,3,11-12H2,1-2H3,(H2,20,21,22). The van der Waals surface area contributed by atoms with Crippen molar-refractivity contribution in [1.29, 1.82) is 0 Å². The molecule has 0 bridgehead atoms. The smallest absolute Gasteiger partial charge is 0.319 e. The Kier molecular flexibility index (Phi) is 5.53. The minimum atomic E-state index is -0.249. The first-order chi connectivity index (χ1) is 10.6. The van der Waals surface area contributed by atoms with Crippen LogP contribution < -0.4 is 10.6 Å². The van der Waals surface area contributed by atoms with Crippen LogP contribution in [-0.2, 0) is 12.8 Å². The summed E-state index contributed by atoms with van der Waals surface area (Å²) in [6, 6.07) is 12.1. The molecule has 0 unspecified atom stereocenters. The molecular weight excluding hydrogens is 279 g/mol. The second-order valence-electron chi connectivity index (χ2n) is 5.22. The van der Waals surface area contributed by atoms with E-state index in [1.807, 2.05) is 25.1 Å². The lowest BCUT2D eigenvalue weighted by Gasteiger charge is -2.13. The molecule has 0 heterocycles. The second kappa shape index (κ2) is 7.59. The number of carbonyl (C=O) groups excluding carboxylic acids is 1. The Hall–Kier alpha value is -2.36. The van der Waals surface area contributed by atoms with Crippen molar-refractivity contribution in [2.24, 2.45) is 0 Å². The molecule has 0 aromatic heterocycles. The van der Waals surface area contributed by atoms with E-state index in [-0.39, 0.29) is 11.8 Å². The molecule has 0 fully saturated rings. The van der Waals surface area contributed by atoms with Crippen molar-refractivity contribution in [3.8, 4) is 0 Å². The Morgan fingerprint density at radius 2 is 1.86 bits per heavy atom. The quantitative estimate of drug-likeness (QED) is 0.859. The van der Waals surface area contributed by atoms with Gasteiger partial charge in [0.15, 0.2) is 0 Å². The number of carbonyl (C=O) groups is 1. The van der Waals surface area contributed by atoms with Gasteiger partial charge in [-0.3, -0.25) is 0 Å². The molecule has 2 N–H and O–H groups in total. The average molecular weight is 300 g/mol. The summed E-state index contributed by atoms with van der Waals surface area (Å²) in [5.74, 6) is -0.249. The third kappa shape index (κ3) is 4.32. The van der Waals surface area contributed by atoms with Crippen LogP contribution in [0.4, 0.5) is 14.9 Å². The van der Waals surface area contributed by atoms with E-state index in [1.165, 1.54) is 12.1 Å². The monoisotopic (exact) mass is 300 g/mol. The van der Waals surface area contributed by atoms with Gasteiger partial charge >= 0.3 is 6.03 Å². The zero-order chi connectivity index (χ0) is 15.9. The molecule has 2 amide bonds. The molecule has 0 aliphatic heterocycles. The Balaban J connectivity index is 1.87. The van der Waals surface area contributed by atoms with Gasteiger partial charge in [-0.15, -0.1) is 0 Å². The lowest BCUT2D eigenvalue weighted by atomic mass is 10.1. The van der Waals surface area contributed by atoms with Gasteiger partial charge in [0.25, 0.3) is 0 Å². The van der Waals surface area contributed by atoms with Gasteiger partial charge in [-0.1, -0.05) is 37.3 Å². The van der Waals surface area contributed by atoms with Crippen LogP contribution in [0.5, 0.6) is 0 Å². The van der Waals surface area contributed by atoms with Gasteiger partial charge in [-0.25, -0.2) is 9.18 Å². The van der Waals surface area contributed by atoms with Crippen LogP contribution in [0.2, 0.25) is 0 Å². The van der Waals surface area contributed by atoms with Crippen molar-refractivity contribution in [1.82, 2.24) is 5.32 Å². The number of para-hydroxylation sites is 1. The largest absolute Gasteiger partial charge is 0.338 e. The van der Waals surface area contributed by atoms with Crippen LogP contribution in [0.15, 0.2) is 42.5 Å². The maximum absolute atomic E-state index is 12.8. The molecule has 2 aromatic rings. The Morgan fingerprint density at radius 1 is 1.14 bits per heavy atom. The number of nitrogens with one attached hydrogen (secondary N) is 2. The number of aryl methyl sites for hydroxylation is 2. The predicted molar refractivity (Wildman–Crippen MR) is 87.7 cm³/mol. The minimum Gasteiger partial charge on any atom is -0.338 e. The molecule has 0 aliphatic rings. The summed E-state index contributed by atoms with van der Waals surface area (Å²) in [4.78, 5) is 12.0. The zero-order valence-corrected chi connectivity index (χ0v) is 12.9. The molecule has 4 heteroatoms. The zero-order valence-electron chi connectivity index (χ0n) is 12.9. The molecule has 0 atom stereocenters. The van der Waals surface area contributed by atoms with Crippen molar-refractivity contribution in [2.75, 3.05) is 11.9 Å². The van der Waals surface area contributed by atoms with Crippen LogP contribution >= 0.6 is 0 Å². The van der Waals surface area contributed by atoms with E-state index in [0.29, 0.717) is 13.0 Å². The topological polar surface area (TPSA) is 41.1 Å². The minimum absolute atomic E-state index is 0.217. The van der Waals surface area contributed by atoms with E-state index in [0.717, 1.165) is 28.8 Å². The lowest BCUT2D eigenvalue weighted by Crippen LogP contribution is -2.31. The summed E-state index contributed by atoms with van der Waals surface area (Å²) in [6.07, 6.45) is 1.54. The third-order valence-corrected chi connectivity index (χ3v) is 3.59. The molecule has 0 radical (unpaired) electrons. The van der Waals surface area contributed by atoms with Crippen molar-refractivity contribution in [3.05, 3.63) is 65.0 Å². The van der Waals surface area contributed by atoms with Crippen molar-refractivity contribution >= 4 is 11.7 Å². The Labute approximate surface area is 130 Å². The second-order valence-corrected chi connectivity index (χ2v) is 5.22. The van der Waals surface area contributed by atoms with Gasteiger partial charge in [-0.2, -0.15) is 0 Å². The fourth-order valence-electron chi connectivity index (χ4n) is 2.33. The number of hydrogen-bond donors (Lipinski definition) is 2. The van der Waals surface area contributed by atoms with Gasteiger partial charge in [-0.05, 0) is 48.6 Å². The summed E-state index contributed by atoms with van der Waals surface area (Å²) in [7, 11) is 0. The van der Waals surface area contributed by atoms with Gasteiger partial charge in [0, 0.05) is 12.2 Å². The summed E-state index contributed by atoms with van der Waals surface area (Å²) in [6.45, 7) is 4.55. The number of anilines is 1. The van der Waals surface area contributed by atoms with E-state index in [2.05, 4.69) is 17.6 Å². The summed E-state index contributed by atoms with van der Waals surface area (Å²) in [5.41, 5.74) is 4.04. The van der Waals surface area contributed by atoms with E-state index >= 15 is 0 Å². The summed E-state index contributed by atoms with van der Waals surface area (Å²) < 4.78 is 12.8. The normalized spacial score (nSPS) is 10.3. The summed E-state index contributed by atoms with van der Waals surface area (Å²) in [5, 5.41) is 5.74. The highest BCUT2D eigenvalue weighted by molar-refractivity contribution is 5.91. The number of halogens is 1. The van der Waals surface area contributed by atoms with E-state index in [1.54, 1.807) is 12.1 Å². The first kappa shape index (κ1) is 16.0. The van der Waals surface area contributed by atoms with Crippen molar-refractivity contribution in [2.45, 2.75) is 26.7 Å². The number of amides is 2. The van der Waals surface area contributed by atoms with E-state index in [4.69, 9.17) is 0 Å². The molecule has 22 heavy (non-hydrogen) atoms. The highest BCUT2D eigenvalue weighted by Crippen LogP contribution is 2.20. The summed E-state index contributed by atoms with van der Waals surface area (Å²) >= 11 is 0. The first-order valence-corrected chi connectivity index (χ1v) is 7.48. The van der Waals surface area contributed by atoms with Crippen LogP contribution in [0.3, 0.4) is 0 Å². The number of urea groups is 1. The molecule has 0 spiro atoms. The molecule has 3 nitrogen and oxygen atoms in total. The first-order valence-electron chi connectivity index (χ1n) is 7.48. The molecule has 2 aromatic carbocycles. The Bertz CT molecular complexity index is 638. The Morgan fingerprint density at radius 3 is 2.55 bits per heavy atom. The third-order valence-electron chi connectivity index (χ3n) is 3.59. The highest BCUT2D eigenvalue weighted by Gasteiger charge is 2.07. The number of hydrogen-bond acceptors (Lipinski definition) is 1. The van der Waals surface area contributed by atoms with Crippen LogP contribution in [0.1, 0.15) is 23.6 Å². The SMILES string of the molecule is CCc1cccc(C)c1NC(=O)NCCc1ccc(F)cc1. The van der Waals surface area contributed by atoms with E-state index in [9.17, 15) is 9.18 Å². The predicted octanol–water partition coefficient (Wildman–Crippen LogP) is 4.06. The molecule has 2 rings (SSSR count). The average Bonchev–Trinajstić information content (AvgIpc) is 2.51. The highest BCUT2D eigenvalue weighted by atomic mass is 19.1. The van der Waals surface area contributed by atoms with Gasteiger partial charge in [0.1, 0.15) is 5.82 Å². The van der Waals surface area contributed by atoms with Gasteiger partial charge in [0.2, 0.25) is 0 Å². The van der Waals surface area contributed by atoms with Crippen LogP contribution in [0, 0.1) is 12.7 Å². The number of benzene rings is 2. The maximum atomic E-state index is 12.8. The van der Waals surface area contributed by atoms with Gasteiger partial charge in [0.05, 0.1) is 0 Å². The van der Waals surface area contributed by atoms with Gasteiger partial charge < -0.3 is 10.6 Å². The molecular formula is C18H21FN2O. The lowest BCUT2D eigenvalue weighted by molar-refractivity contribution is 0.252. The fraction of sp³-hybridized carbons (Fsp3) is 0.278. The fourth-order valence-corrected chi connectivity index (χ4v) is 2.33. The molecule has 0 saturated carbocycles. The molecule has 116 valence electrons. The molecule has 0 aliphatic carbocycles. The molecule has 0 saturated heterocycles. The maximum Gasteiger partial charge on any atom is 0.319 e. The van der Waals surface area contributed by atoms with Crippen molar-refractivity contribution < 1.29 is 9.18 Å². The van der Waals surface area contributed by atoms with Crippen LogP contribution in [0.25, 0.3) is 0 Å². The van der Waals surface area contributed by atoms with E-state index < -0.39 is 0 Å².